The number of carboxylic acid groups (broad SMARTS) is 2. The molecular weight excluding hydrogens is 290 g/mol. The van der Waals surface area contributed by atoms with Crippen LogP contribution in [0.5, 0.6) is 5.75 Å². The van der Waals surface area contributed by atoms with E-state index in [2.05, 4.69) is 9.72 Å². The zero-order valence-electron chi connectivity index (χ0n) is 11.6. The predicted molar refractivity (Wildman–Crippen MR) is 75.9 cm³/mol. The Labute approximate surface area is 125 Å². The Morgan fingerprint density at radius 2 is 1.68 bits per heavy atom. The lowest BCUT2D eigenvalue weighted by Gasteiger charge is -2.03. The quantitative estimate of drug-likeness (QED) is 0.659. The lowest BCUT2D eigenvalue weighted by molar-refractivity contribution is -0.131. The summed E-state index contributed by atoms with van der Waals surface area (Å²) in [6.45, 7) is 1.22. The maximum atomic E-state index is 10.6. The molecule has 2 rings (SSSR count). The number of aromatic carboxylic acids is 2. The third-order valence-electron chi connectivity index (χ3n) is 2.28. The third kappa shape index (κ3) is 5.41. The molecule has 0 radical (unpaired) electrons. The van der Waals surface area contributed by atoms with Gasteiger partial charge in [0.2, 0.25) is 0 Å². The number of nitrogens with zero attached hydrogens (tertiary/aromatic N) is 1. The van der Waals surface area contributed by atoms with Crippen LogP contribution in [0.2, 0.25) is 0 Å². The first kappa shape index (κ1) is 16.8. The molecule has 2 aromatic rings. The van der Waals surface area contributed by atoms with Crippen molar-refractivity contribution in [3.8, 4) is 5.75 Å². The minimum absolute atomic E-state index is 0.0160. The van der Waals surface area contributed by atoms with Crippen molar-refractivity contribution in [2.24, 2.45) is 0 Å². The van der Waals surface area contributed by atoms with Crippen molar-refractivity contribution in [1.29, 1.82) is 0 Å². The molecule has 1 aromatic heterocycles. The van der Waals surface area contributed by atoms with Gasteiger partial charge in [-0.3, -0.25) is 9.78 Å². The molecule has 7 nitrogen and oxygen atoms in total. The van der Waals surface area contributed by atoms with E-state index >= 15 is 0 Å². The lowest BCUT2D eigenvalue weighted by Crippen LogP contribution is -2.06. The highest BCUT2D eigenvalue weighted by molar-refractivity contribution is 5.91. The number of carboxylic acids is 2. The van der Waals surface area contributed by atoms with Crippen LogP contribution in [-0.2, 0) is 4.79 Å². The maximum Gasteiger partial charge on any atom is 0.339 e. The summed E-state index contributed by atoms with van der Waals surface area (Å²) in [5, 5.41) is 17.0. The first-order chi connectivity index (χ1) is 10.4. The number of para-hydroxylation sites is 1. The summed E-state index contributed by atoms with van der Waals surface area (Å²) < 4.78 is 4.69. The molecule has 114 valence electrons. The first-order valence-corrected chi connectivity index (χ1v) is 6.06. The van der Waals surface area contributed by atoms with E-state index in [0.29, 0.717) is 0 Å². The fourth-order valence-corrected chi connectivity index (χ4v) is 1.38. The standard InChI is InChI=1S/C9H8O4.C6H5NO2/c1-6(10)13-8-5-3-2-4-7(8)9(11)12;8-6(9)5-2-1-3-7-4-5/h2-5H,1H3,(H,11,12);1-4H,(H,8,9). The molecule has 1 aromatic carbocycles. The van der Waals surface area contributed by atoms with Crippen LogP contribution < -0.4 is 4.74 Å². The van der Waals surface area contributed by atoms with E-state index in [0.717, 1.165) is 0 Å². The molecule has 0 aliphatic heterocycles. The van der Waals surface area contributed by atoms with Crippen molar-refractivity contribution in [2.45, 2.75) is 6.92 Å². The van der Waals surface area contributed by atoms with E-state index in [1.54, 1.807) is 18.2 Å². The number of ether oxygens (including phenoxy) is 1. The van der Waals surface area contributed by atoms with Crippen LogP contribution in [0.15, 0.2) is 48.8 Å². The molecule has 0 atom stereocenters. The van der Waals surface area contributed by atoms with E-state index in [-0.39, 0.29) is 16.9 Å². The van der Waals surface area contributed by atoms with Crippen molar-refractivity contribution in [3.63, 3.8) is 0 Å². The van der Waals surface area contributed by atoms with Gasteiger partial charge in [0.15, 0.2) is 0 Å². The van der Waals surface area contributed by atoms with Crippen LogP contribution in [0.1, 0.15) is 27.6 Å². The topological polar surface area (TPSA) is 114 Å². The molecule has 7 heteroatoms. The Kier molecular flexibility index (Phi) is 6.24. The smallest absolute Gasteiger partial charge is 0.339 e. The molecule has 2 N–H and O–H groups in total. The summed E-state index contributed by atoms with van der Waals surface area (Å²) in [6, 6.07) is 9.06. The number of benzene rings is 1. The van der Waals surface area contributed by atoms with Crippen LogP contribution >= 0.6 is 0 Å². The van der Waals surface area contributed by atoms with Gasteiger partial charge < -0.3 is 14.9 Å². The minimum atomic E-state index is -1.11. The number of pyridine rings is 1. The van der Waals surface area contributed by atoms with Crippen LogP contribution in [0.4, 0.5) is 0 Å². The van der Waals surface area contributed by atoms with Gasteiger partial charge in [-0.25, -0.2) is 9.59 Å². The molecule has 22 heavy (non-hydrogen) atoms. The molecular formula is C15H13NO6. The van der Waals surface area contributed by atoms with Crippen LogP contribution in [0.3, 0.4) is 0 Å². The summed E-state index contributed by atoms with van der Waals surface area (Å²) in [7, 11) is 0. The largest absolute Gasteiger partial charge is 0.478 e. The van der Waals surface area contributed by atoms with Gasteiger partial charge in [0.25, 0.3) is 0 Å². The molecule has 0 aliphatic rings. The van der Waals surface area contributed by atoms with Crippen LogP contribution in [-0.4, -0.2) is 33.1 Å². The second kappa shape index (κ2) is 8.15. The van der Waals surface area contributed by atoms with Gasteiger partial charge in [0.1, 0.15) is 11.3 Å². The van der Waals surface area contributed by atoms with E-state index < -0.39 is 17.9 Å². The van der Waals surface area contributed by atoms with Crippen molar-refractivity contribution in [3.05, 3.63) is 59.9 Å². The SMILES string of the molecule is CC(=O)Oc1ccccc1C(=O)O.O=C(O)c1cccnc1. The summed E-state index contributed by atoms with van der Waals surface area (Å²) >= 11 is 0. The molecule has 0 saturated carbocycles. The molecule has 0 bridgehead atoms. The van der Waals surface area contributed by atoms with E-state index in [1.807, 2.05) is 0 Å². The number of esters is 1. The van der Waals surface area contributed by atoms with Gasteiger partial charge in [-0.1, -0.05) is 12.1 Å². The van der Waals surface area contributed by atoms with Gasteiger partial charge in [-0.05, 0) is 24.3 Å². The fourth-order valence-electron chi connectivity index (χ4n) is 1.38. The highest BCUT2D eigenvalue weighted by Crippen LogP contribution is 2.17. The summed E-state index contributed by atoms with van der Waals surface area (Å²) in [5.74, 6) is -2.52. The Bertz CT molecular complexity index is 669. The Morgan fingerprint density at radius 3 is 2.14 bits per heavy atom. The number of carbonyl (C=O) groups excluding carboxylic acids is 1. The highest BCUT2D eigenvalue weighted by Gasteiger charge is 2.10. The monoisotopic (exact) mass is 303 g/mol. The number of rotatable bonds is 3. The minimum Gasteiger partial charge on any atom is -0.478 e. The van der Waals surface area contributed by atoms with Crippen molar-refractivity contribution < 1.29 is 29.3 Å². The van der Waals surface area contributed by atoms with E-state index in [4.69, 9.17) is 10.2 Å². The van der Waals surface area contributed by atoms with Crippen molar-refractivity contribution >= 4 is 17.9 Å². The number of carbonyl (C=O) groups is 3. The zero-order chi connectivity index (χ0) is 16.5. The molecule has 0 aliphatic carbocycles. The highest BCUT2D eigenvalue weighted by atomic mass is 16.5. The summed E-state index contributed by atoms with van der Waals surface area (Å²) in [5.41, 5.74) is 0.204. The van der Waals surface area contributed by atoms with Gasteiger partial charge in [0.05, 0.1) is 5.56 Å². The van der Waals surface area contributed by atoms with Crippen molar-refractivity contribution in [2.75, 3.05) is 0 Å². The van der Waals surface area contributed by atoms with Crippen LogP contribution in [0, 0.1) is 0 Å². The van der Waals surface area contributed by atoms with E-state index in [1.165, 1.54) is 37.5 Å². The summed E-state index contributed by atoms with van der Waals surface area (Å²) in [4.78, 5) is 35.0. The molecule has 1 heterocycles. The number of hydrogen-bond donors (Lipinski definition) is 2. The number of aromatic nitrogens is 1. The van der Waals surface area contributed by atoms with E-state index in [9.17, 15) is 14.4 Å². The molecule has 0 amide bonds. The van der Waals surface area contributed by atoms with Crippen LogP contribution in [0.25, 0.3) is 0 Å². The second-order valence-electron chi connectivity index (χ2n) is 3.94. The second-order valence-corrected chi connectivity index (χ2v) is 3.94. The Morgan fingerprint density at radius 1 is 1.00 bits per heavy atom. The van der Waals surface area contributed by atoms with Gasteiger partial charge in [-0.2, -0.15) is 0 Å². The third-order valence-corrected chi connectivity index (χ3v) is 2.28. The zero-order valence-corrected chi connectivity index (χ0v) is 11.6. The molecule has 0 unspecified atom stereocenters. The van der Waals surface area contributed by atoms with Gasteiger partial charge >= 0.3 is 17.9 Å². The Hall–Kier alpha value is -3.22. The average molecular weight is 303 g/mol. The normalized spacial score (nSPS) is 9.14. The average Bonchev–Trinajstić information content (AvgIpc) is 2.48. The predicted octanol–water partition coefficient (Wildman–Crippen LogP) is 2.09. The van der Waals surface area contributed by atoms with Gasteiger partial charge in [-0.15, -0.1) is 0 Å². The van der Waals surface area contributed by atoms with Crippen molar-refractivity contribution in [1.82, 2.24) is 4.98 Å². The maximum absolute atomic E-state index is 10.6. The molecule has 0 saturated heterocycles. The lowest BCUT2D eigenvalue weighted by atomic mass is 10.2. The summed E-state index contributed by atoms with van der Waals surface area (Å²) in [6.07, 6.45) is 2.84. The molecule has 0 spiro atoms. The Balaban J connectivity index is 0.000000235. The number of hydrogen-bond acceptors (Lipinski definition) is 5. The first-order valence-electron chi connectivity index (χ1n) is 6.06. The molecule has 0 fully saturated rings. The fraction of sp³-hybridized carbons (Fsp3) is 0.0667. The van der Waals surface area contributed by atoms with Gasteiger partial charge in [0, 0.05) is 19.3 Å².